The summed E-state index contributed by atoms with van der Waals surface area (Å²) in [6.07, 6.45) is -6.58. The smallest absolute Gasteiger partial charge is 0.271 e. The van der Waals surface area contributed by atoms with E-state index >= 15 is 0 Å². The van der Waals surface area contributed by atoms with Gasteiger partial charge in [0.05, 0.1) is 12.8 Å². The van der Waals surface area contributed by atoms with Crippen molar-refractivity contribution in [2.24, 2.45) is 5.10 Å². The van der Waals surface area contributed by atoms with E-state index in [0.29, 0.717) is 5.56 Å². The summed E-state index contributed by atoms with van der Waals surface area (Å²) in [5, 5.41) is 59.1. The number of aliphatic hydroxyl groups excluding tert-OH is 5. The topological polar surface area (TPSA) is 163 Å². The Morgan fingerprint density at radius 2 is 1.82 bits per heavy atom. The predicted octanol–water partition coefficient (Wildman–Crippen LogP) is -2.72. The van der Waals surface area contributed by atoms with Gasteiger partial charge in [0.1, 0.15) is 24.1 Å². The summed E-state index contributed by atoms with van der Waals surface area (Å²) in [5.74, 6) is -1.20. The van der Waals surface area contributed by atoms with E-state index in [0.717, 1.165) is 6.21 Å². The normalized spacial score (nSPS) is 17.0. The molecule has 1 aromatic rings. The van der Waals surface area contributed by atoms with Crippen LogP contribution in [-0.4, -0.2) is 73.8 Å². The fourth-order valence-corrected chi connectivity index (χ4v) is 1.51. The highest BCUT2D eigenvalue weighted by Gasteiger charge is 2.34. The number of benzene rings is 1. The molecule has 0 bridgehead atoms. The molecule has 4 atom stereocenters. The summed E-state index contributed by atoms with van der Waals surface area (Å²) < 4.78 is 0. The monoisotopic (exact) mass is 314 g/mol. The van der Waals surface area contributed by atoms with Crippen LogP contribution in [0, 0.1) is 0 Å². The Bertz CT molecular complexity index is 523. The molecule has 1 amide bonds. The largest absolute Gasteiger partial charge is 0.507 e. The van der Waals surface area contributed by atoms with E-state index in [1.54, 1.807) is 12.1 Å². The molecule has 0 fully saturated rings. The molecule has 1 aromatic carbocycles. The Balaban J connectivity index is 2.59. The zero-order valence-corrected chi connectivity index (χ0v) is 11.4. The molecule has 0 heterocycles. The van der Waals surface area contributed by atoms with Crippen LogP contribution < -0.4 is 5.43 Å². The highest BCUT2D eigenvalue weighted by molar-refractivity contribution is 5.86. The molecule has 0 unspecified atom stereocenters. The Morgan fingerprint density at radius 3 is 2.41 bits per heavy atom. The van der Waals surface area contributed by atoms with E-state index in [4.69, 9.17) is 10.2 Å². The zero-order valence-electron chi connectivity index (χ0n) is 11.4. The number of hydrogen-bond acceptors (Lipinski definition) is 8. The average molecular weight is 314 g/mol. The number of phenolic OH excluding ortho intramolecular Hbond substituents is 1. The molecule has 0 aliphatic rings. The number of aliphatic hydroxyl groups is 5. The van der Waals surface area contributed by atoms with E-state index in [1.807, 2.05) is 5.43 Å². The van der Waals surface area contributed by atoms with Crippen LogP contribution in [0.1, 0.15) is 5.56 Å². The van der Waals surface area contributed by atoms with Crippen LogP contribution in [0.4, 0.5) is 0 Å². The van der Waals surface area contributed by atoms with Crippen molar-refractivity contribution in [3.05, 3.63) is 29.8 Å². The number of nitrogens with one attached hydrogen (secondary N) is 1. The number of carbonyl (C=O) groups is 1. The maximum absolute atomic E-state index is 11.5. The van der Waals surface area contributed by atoms with Crippen molar-refractivity contribution in [2.75, 3.05) is 6.61 Å². The van der Waals surface area contributed by atoms with Crippen molar-refractivity contribution >= 4 is 12.1 Å². The number of phenols is 1. The predicted molar refractivity (Wildman–Crippen MR) is 75.0 cm³/mol. The SMILES string of the molecule is O=C(N/N=C\c1ccccc1O)[C@@H](O)[C@H](O)[C@H](O)[C@H](O)CO. The van der Waals surface area contributed by atoms with Crippen molar-refractivity contribution < 1.29 is 35.4 Å². The lowest BCUT2D eigenvalue weighted by Crippen LogP contribution is -2.50. The second-order valence-electron chi connectivity index (χ2n) is 4.47. The number of rotatable bonds is 7. The van der Waals surface area contributed by atoms with Crippen LogP contribution in [0.25, 0.3) is 0 Å². The van der Waals surface area contributed by atoms with Gasteiger partial charge in [-0.05, 0) is 12.1 Å². The molecular weight excluding hydrogens is 296 g/mol. The standard InChI is InChI=1S/C13H18N2O7/c16-6-9(18)10(19)11(20)12(21)13(22)15-14-5-7-3-1-2-4-8(7)17/h1-5,9-12,16-21H,6H2,(H,15,22)/b14-5-/t9-,10-,11-,12+/m1/s1. The third-order valence-electron chi connectivity index (χ3n) is 2.84. The molecule has 0 saturated carbocycles. The number of para-hydroxylation sites is 1. The van der Waals surface area contributed by atoms with Crippen LogP contribution in [0.5, 0.6) is 5.75 Å². The van der Waals surface area contributed by atoms with Crippen LogP contribution in [0.15, 0.2) is 29.4 Å². The third-order valence-corrected chi connectivity index (χ3v) is 2.84. The van der Waals surface area contributed by atoms with Crippen LogP contribution in [0.3, 0.4) is 0 Å². The van der Waals surface area contributed by atoms with Crippen molar-refractivity contribution in [1.82, 2.24) is 5.43 Å². The van der Waals surface area contributed by atoms with E-state index in [-0.39, 0.29) is 5.75 Å². The average Bonchev–Trinajstić information content (AvgIpc) is 2.53. The first-order valence-corrected chi connectivity index (χ1v) is 6.32. The number of nitrogens with zero attached hydrogens (tertiary/aromatic N) is 1. The fraction of sp³-hybridized carbons (Fsp3) is 0.385. The van der Waals surface area contributed by atoms with Crippen LogP contribution in [-0.2, 0) is 4.79 Å². The molecule has 9 heteroatoms. The quantitative estimate of drug-likeness (QED) is 0.212. The molecule has 0 aliphatic carbocycles. The van der Waals surface area contributed by atoms with E-state index < -0.39 is 36.9 Å². The van der Waals surface area contributed by atoms with Gasteiger partial charge in [-0.3, -0.25) is 4.79 Å². The number of carbonyl (C=O) groups excluding carboxylic acids is 1. The molecule has 7 N–H and O–H groups in total. The second-order valence-corrected chi connectivity index (χ2v) is 4.47. The Labute approximate surface area is 125 Å². The number of amides is 1. The maximum Gasteiger partial charge on any atom is 0.271 e. The molecule has 22 heavy (non-hydrogen) atoms. The lowest BCUT2D eigenvalue weighted by atomic mass is 10.0. The van der Waals surface area contributed by atoms with E-state index in [2.05, 4.69) is 5.10 Å². The van der Waals surface area contributed by atoms with Gasteiger partial charge in [0.15, 0.2) is 6.10 Å². The first-order valence-electron chi connectivity index (χ1n) is 6.32. The molecule has 0 spiro atoms. The van der Waals surface area contributed by atoms with Gasteiger partial charge in [-0.15, -0.1) is 0 Å². The summed E-state index contributed by atoms with van der Waals surface area (Å²) in [4.78, 5) is 11.5. The molecule has 0 aromatic heterocycles. The van der Waals surface area contributed by atoms with Crippen LogP contribution in [0.2, 0.25) is 0 Å². The fourth-order valence-electron chi connectivity index (χ4n) is 1.51. The molecule has 122 valence electrons. The lowest BCUT2D eigenvalue weighted by molar-refractivity contribution is -0.148. The minimum Gasteiger partial charge on any atom is -0.507 e. The highest BCUT2D eigenvalue weighted by Crippen LogP contribution is 2.12. The lowest BCUT2D eigenvalue weighted by Gasteiger charge is -2.24. The molecular formula is C13H18N2O7. The first kappa shape index (κ1) is 18.0. The summed E-state index contributed by atoms with van der Waals surface area (Å²) in [6, 6.07) is 6.17. The van der Waals surface area contributed by atoms with Crippen molar-refractivity contribution in [3.8, 4) is 5.75 Å². The Morgan fingerprint density at radius 1 is 1.18 bits per heavy atom. The Kier molecular flexibility index (Phi) is 6.89. The highest BCUT2D eigenvalue weighted by atomic mass is 16.4. The first-order chi connectivity index (χ1) is 10.4. The Hall–Kier alpha value is -2.04. The van der Waals surface area contributed by atoms with Crippen molar-refractivity contribution in [1.29, 1.82) is 0 Å². The molecule has 1 rings (SSSR count). The zero-order chi connectivity index (χ0) is 16.7. The number of hydrazone groups is 1. The van der Waals surface area contributed by atoms with Gasteiger partial charge in [-0.25, -0.2) is 5.43 Å². The van der Waals surface area contributed by atoms with Gasteiger partial charge >= 0.3 is 0 Å². The maximum atomic E-state index is 11.5. The molecule has 0 radical (unpaired) electrons. The van der Waals surface area contributed by atoms with Gasteiger partial charge in [-0.2, -0.15) is 5.10 Å². The van der Waals surface area contributed by atoms with Crippen molar-refractivity contribution in [3.63, 3.8) is 0 Å². The molecule has 0 saturated heterocycles. The van der Waals surface area contributed by atoms with Crippen LogP contribution >= 0.6 is 0 Å². The third kappa shape index (κ3) is 4.76. The summed E-state index contributed by atoms with van der Waals surface area (Å²) >= 11 is 0. The van der Waals surface area contributed by atoms with E-state index in [9.17, 15) is 25.2 Å². The van der Waals surface area contributed by atoms with E-state index in [1.165, 1.54) is 12.1 Å². The van der Waals surface area contributed by atoms with Gasteiger partial charge in [0, 0.05) is 5.56 Å². The van der Waals surface area contributed by atoms with Crippen molar-refractivity contribution in [2.45, 2.75) is 24.4 Å². The van der Waals surface area contributed by atoms with Gasteiger partial charge < -0.3 is 30.6 Å². The minimum atomic E-state index is -2.07. The molecule has 0 aliphatic heterocycles. The summed E-state index contributed by atoms with van der Waals surface area (Å²) in [5.41, 5.74) is 2.22. The number of hydrogen-bond donors (Lipinski definition) is 7. The number of aromatic hydroxyl groups is 1. The molecule has 9 nitrogen and oxygen atoms in total. The van der Waals surface area contributed by atoms with Gasteiger partial charge in [0.2, 0.25) is 0 Å². The second kappa shape index (κ2) is 8.41. The summed E-state index contributed by atoms with van der Waals surface area (Å²) in [7, 11) is 0. The van der Waals surface area contributed by atoms with Gasteiger partial charge in [0.25, 0.3) is 5.91 Å². The minimum absolute atomic E-state index is 0.0671. The summed E-state index contributed by atoms with van der Waals surface area (Å²) in [6.45, 7) is -0.849. The van der Waals surface area contributed by atoms with Gasteiger partial charge in [-0.1, -0.05) is 12.1 Å².